The second-order valence-corrected chi connectivity index (χ2v) is 5.77. The molecule has 17 heavy (non-hydrogen) atoms. The first-order chi connectivity index (χ1) is 8.04. The molecule has 0 radical (unpaired) electrons. The van der Waals surface area contributed by atoms with E-state index in [0.717, 1.165) is 24.1 Å². The molecule has 0 aromatic heterocycles. The summed E-state index contributed by atoms with van der Waals surface area (Å²) >= 11 is 3.45. The maximum absolute atomic E-state index is 8.92. The molecule has 0 saturated carbocycles. The molecule has 1 N–H and O–H groups in total. The zero-order valence-electron chi connectivity index (χ0n) is 10.1. The molecule has 1 fully saturated rings. The first-order valence-electron chi connectivity index (χ1n) is 5.72. The molecule has 0 spiro atoms. The molecule has 0 atom stereocenters. The van der Waals surface area contributed by atoms with Gasteiger partial charge >= 0.3 is 0 Å². The molecule has 0 bridgehead atoms. The number of hydrogen-bond acceptors (Lipinski definition) is 3. The summed E-state index contributed by atoms with van der Waals surface area (Å²) in [5.74, 6) is 0. The van der Waals surface area contributed by atoms with Crippen LogP contribution >= 0.6 is 15.9 Å². The highest BCUT2D eigenvalue weighted by Crippen LogP contribution is 2.29. The summed E-state index contributed by atoms with van der Waals surface area (Å²) in [5.41, 5.74) is 1.95. The molecule has 0 unspecified atom stereocenters. The number of nitrogens with zero attached hydrogens (tertiary/aromatic N) is 2. The second-order valence-electron chi connectivity index (χ2n) is 4.92. The van der Waals surface area contributed by atoms with E-state index in [0.29, 0.717) is 5.56 Å². The van der Waals surface area contributed by atoms with E-state index in [-0.39, 0.29) is 5.54 Å². The fourth-order valence-electron chi connectivity index (χ4n) is 2.22. The number of piperazine rings is 1. The third-order valence-corrected chi connectivity index (χ3v) is 3.84. The summed E-state index contributed by atoms with van der Waals surface area (Å²) in [6, 6.07) is 8.10. The molecule has 1 aromatic rings. The van der Waals surface area contributed by atoms with Crippen LogP contribution in [0.15, 0.2) is 22.7 Å². The van der Waals surface area contributed by atoms with E-state index in [1.807, 2.05) is 18.2 Å². The van der Waals surface area contributed by atoms with Gasteiger partial charge in [-0.05, 0) is 48.0 Å². The van der Waals surface area contributed by atoms with Crippen LogP contribution in [0.4, 0.5) is 5.69 Å². The predicted molar refractivity (Wildman–Crippen MR) is 73.2 cm³/mol. The Kier molecular flexibility index (Phi) is 3.41. The molecule has 90 valence electrons. The van der Waals surface area contributed by atoms with Crippen LogP contribution in [0.2, 0.25) is 0 Å². The fourth-order valence-corrected chi connectivity index (χ4v) is 2.68. The third-order valence-electron chi connectivity index (χ3n) is 3.19. The van der Waals surface area contributed by atoms with Crippen LogP contribution in [0.1, 0.15) is 19.4 Å². The van der Waals surface area contributed by atoms with Gasteiger partial charge in [0.2, 0.25) is 0 Å². The predicted octanol–water partition coefficient (Wildman–Crippen LogP) is 2.51. The van der Waals surface area contributed by atoms with E-state index in [4.69, 9.17) is 5.26 Å². The van der Waals surface area contributed by atoms with Crippen molar-refractivity contribution in [3.63, 3.8) is 0 Å². The quantitative estimate of drug-likeness (QED) is 0.865. The monoisotopic (exact) mass is 293 g/mol. The van der Waals surface area contributed by atoms with Crippen molar-refractivity contribution in [2.24, 2.45) is 0 Å². The molecule has 2 rings (SSSR count). The average Bonchev–Trinajstić information content (AvgIpc) is 2.28. The fraction of sp³-hybridized carbons (Fsp3) is 0.462. The first kappa shape index (κ1) is 12.4. The number of hydrogen-bond donors (Lipinski definition) is 1. The lowest BCUT2D eigenvalue weighted by atomic mass is 9.99. The van der Waals surface area contributed by atoms with Crippen molar-refractivity contribution in [2.45, 2.75) is 19.4 Å². The van der Waals surface area contributed by atoms with Crippen LogP contribution in [0.25, 0.3) is 0 Å². The Bertz CT molecular complexity index is 462. The zero-order valence-corrected chi connectivity index (χ0v) is 11.7. The Morgan fingerprint density at radius 2 is 2.24 bits per heavy atom. The minimum absolute atomic E-state index is 0.103. The van der Waals surface area contributed by atoms with Crippen LogP contribution in [0, 0.1) is 11.3 Å². The topological polar surface area (TPSA) is 39.1 Å². The van der Waals surface area contributed by atoms with Crippen molar-refractivity contribution in [1.82, 2.24) is 5.32 Å². The average molecular weight is 294 g/mol. The van der Waals surface area contributed by atoms with Crippen molar-refractivity contribution < 1.29 is 0 Å². The minimum Gasteiger partial charge on any atom is -0.364 e. The standard InChI is InChI=1S/C13H16BrN3/c1-13(2)9-16-5-6-17(13)11-4-3-10(8-15)12(14)7-11/h3-4,7,16H,5-6,9H2,1-2H3. The first-order valence-corrected chi connectivity index (χ1v) is 6.52. The number of anilines is 1. The van der Waals surface area contributed by atoms with Gasteiger partial charge in [-0.2, -0.15) is 5.26 Å². The lowest BCUT2D eigenvalue weighted by molar-refractivity contribution is 0.380. The van der Waals surface area contributed by atoms with E-state index in [1.54, 1.807) is 0 Å². The Labute approximate surface area is 111 Å². The lowest BCUT2D eigenvalue weighted by Gasteiger charge is -2.44. The molecular formula is C13H16BrN3. The maximum Gasteiger partial charge on any atom is 0.100 e. The number of halogens is 1. The number of benzene rings is 1. The highest BCUT2D eigenvalue weighted by Gasteiger charge is 2.29. The summed E-state index contributed by atoms with van der Waals surface area (Å²) in [5, 5.41) is 12.3. The van der Waals surface area contributed by atoms with Crippen molar-refractivity contribution in [2.75, 3.05) is 24.5 Å². The van der Waals surface area contributed by atoms with Gasteiger partial charge in [0, 0.05) is 35.3 Å². The molecule has 1 aromatic carbocycles. The van der Waals surface area contributed by atoms with Crippen LogP contribution in [-0.2, 0) is 0 Å². The summed E-state index contributed by atoms with van der Waals surface area (Å²) in [7, 11) is 0. The molecule has 0 aliphatic carbocycles. The van der Waals surface area contributed by atoms with E-state index in [1.165, 1.54) is 5.69 Å². The summed E-state index contributed by atoms with van der Waals surface area (Å²) in [4.78, 5) is 2.38. The van der Waals surface area contributed by atoms with Crippen LogP contribution in [-0.4, -0.2) is 25.2 Å². The van der Waals surface area contributed by atoms with Crippen molar-refractivity contribution in [3.05, 3.63) is 28.2 Å². The number of nitriles is 1. The SMILES string of the molecule is CC1(C)CNCCN1c1ccc(C#N)c(Br)c1. The van der Waals surface area contributed by atoms with Crippen LogP contribution < -0.4 is 10.2 Å². The zero-order chi connectivity index (χ0) is 12.5. The van der Waals surface area contributed by atoms with E-state index in [2.05, 4.69) is 46.1 Å². The lowest BCUT2D eigenvalue weighted by Crippen LogP contribution is -2.58. The van der Waals surface area contributed by atoms with Gasteiger partial charge in [0.1, 0.15) is 6.07 Å². The van der Waals surface area contributed by atoms with Gasteiger partial charge in [-0.15, -0.1) is 0 Å². The summed E-state index contributed by atoms with van der Waals surface area (Å²) in [6.45, 7) is 7.42. The van der Waals surface area contributed by atoms with Gasteiger partial charge < -0.3 is 10.2 Å². The van der Waals surface area contributed by atoms with Crippen LogP contribution in [0.5, 0.6) is 0 Å². The second kappa shape index (κ2) is 4.67. The van der Waals surface area contributed by atoms with Gasteiger partial charge in [-0.3, -0.25) is 0 Å². The van der Waals surface area contributed by atoms with Crippen molar-refractivity contribution >= 4 is 21.6 Å². The van der Waals surface area contributed by atoms with E-state index >= 15 is 0 Å². The normalized spacial score (nSPS) is 18.8. The van der Waals surface area contributed by atoms with Gasteiger partial charge in [0.05, 0.1) is 5.56 Å². The van der Waals surface area contributed by atoms with Gasteiger partial charge in [0.25, 0.3) is 0 Å². The smallest absolute Gasteiger partial charge is 0.100 e. The van der Waals surface area contributed by atoms with Crippen molar-refractivity contribution in [3.8, 4) is 6.07 Å². The minimum atomic E-state index is 0.103. The molecule has 0 amide bonds. The van der Waals surface area contributed by atoms with Gasteiger partial charge in [-0.1, -0.05) is 0 Å². The van der Waals surface area contributed by atoms with Gasteiger partial charge in [-0.25, -0.2) is 0 Å². The third kappa shape index (κ3) is 2.46. The highest BCUT2D eigenvalue weighted by atomic mass is 79.9. The molecule has 1 aliphatic rings. The summed E-state index contributed by atoms with van der Waals surface area (Å²) < 4.78 is 0.867. The molecule has 4 heteroatoms. The largest absolute Gasteiger partial charge is 0.364 e. The number of rotatable bonds is 1. The summed E-state index contributed by atoms with van der Waals surface area (Å²) in [6.07, 6.45) is 0. The van der Waals surface area contributed by atoms with Gasteiger partial charge in [0.15, 0.2) is 0 Å². The Morgan fingerprint density at radius 1 is 1.47 bits per heavy atom. The molecule has 1 saturated heterocycles. The Balaban J connectivity index is 2.34. The number of nitrogens with one attached hydrogen (secondary N) is 1. The van der Waals surface area contributed by atoms with E-state index < -0.39 is 0 Å². The Morgan fingerprint density at radius 3 is 2.82 bits per heavy atom. The van der Waals surface area contributed by atoms with E-state index in [9.17, 15) is 0 Å². The highest BCUT2D eigenvalue weighted by molar-refractivity contribution is 9.10. The molecule has 1 heterocycles. The molecular weight excluding hydrogens is 278 g/mol. The van der Waals surface area contributed by atoms with Crippen molar-refractivity contribution in [1.29, 1.82) is 5.26 Å². The molecule has 1 aliphatic heterocycles. The van der Waals surface area contributed by atoms with Crippen LogP contribution in [0.3, 0.4) is 0 Å². The maximum atomic E-state index is 8.92. The molecule has 3 nitrogen and oxygen atoms in total. The Hall–Kier alpha value is -1.05.